The van der Waals surface area contributed by atoms with Crippen LogP contribution in [0.2, 0.25) is 5.02 Å². The van der Waals surface area contributed by atoms with Crippen LogP contribution in [0.1, 0.15) is 25.0 Å². The second-order valence-corrected chi connectivity index (χ2v) is 4.27. The third-order valence-electron chi connectivity index (χ3n) is 1.91. The van der Waals surface area contributed by atoms with Gasteiger partial charge in [-0.3, -0.25) is 0 Å². The Balaban J connectivity index is 2.94. The van der Waals surface area contributed by atoms with Gasteiger partial charge in [0.25, 0.3) is 0 Å². The molecule has 0 bridgehead atoms. The maximum absolute atomic E-state index is 6.03. The van der Waals surface area contributed by atoms with Gasteiger partial charge in [-0.05, 0) is 23.1 Å². The molecule has 12 heavy (non-hydrogen) atoms. The predicted octanol–water partition coefficient (Wildman–Crippen LogP) is 3.21. The smallest absolute Gasteiger partial charge is 0.0437 e. The van der Waals surface area contributed by atoms with Crippen LogP contribution in [-0.4, -0.2) is 10.2 Å². The fourth-order valence-electron chi connectivity index (χ4n) is 1.09. The Morgan fingerprint density at radius 2 is 1.83 bits per heavy atom. The Bertz CT molecular complexity index is 258. The van der Waals surface area contributed by atoms with Crippen molar-refractivity contribution < 1.29 is 0 Å². The summed E-state index contributed by atoms with van der Waals surface area (Å²) >= 11 is 6.03. The largest absolute Gasteiger partial charge is 0.0840 e. The lowest BCUT2D eigenvalue weighted by molar-refractivity contribution is 0.623. The van der Waals surface area contributed by atoms with Gasteiger partial charge in [0, 0.05) is 15.3 Å². The van der Waals surface area contributed by atoms with Crippen LogP contribution < -0.4 is 0 Å². The minimum atomic E-state index is 0.346. The van der Waals surface area contributed by atoms with Gasteiger partial charge in [0.2, 0.25) is 0 Å². The summed E-state index contributed by atoms with van der Waals surface area (Å²) in [7, 11) is 3.67. The molecule has 1 rings (SSSR count). The predicted molar refractivity (Wildman–Crippen MR) is 54.8 cm³/mol. The van der Waals surface area contributed by atoms with Gasteiger partial charge < -0.3 is 0 Å². The molecule has 1 unspecified atom stereocenters. The average Bonchev–Trinajstić information content (AvgIpc) is 2.04. The van der Waals surface area contributed by atoms with E-state index in [0.717, 1.165) is 5.02 Å². The van der Waals surface area contributed by atoms with Crippen molar-refractivity contribution in [2.24, 2.45) is 5.92 Å². The summed E-state index contributed by atoms with van der Waals surface area (Å²) in [4.78, 5) is 0. The Morgan fingerprint density at radius 3 is 2.33 bits per heavy atom. The van der Waals surface area contributed by atoms with E-state index in [1.54, 1.807) is 0 Å². The van der Waals surface area contributed by atoms with Gasteiger partial charge in [-0.25, -0.2) is 0 Å². The molecule has 1 atom stereocenters. The third-order valence-corrected chi connectivity index (χ3v) is 3.23. The number of halogens is 1. The van der Waals surface area contributed by atoms with Crippen molar-refractivity contribution in [2.45, 2.75) is 19.4 Å². The number of benzene rings is 1. The first-order valence-electron chi connectivity index (χ1n) is 4.08. The highest BCUT2D eigenvalue weighted by atomic mass is 35.5. The van der Waals surface area contributed by atoms with Crippen molar-refractivity contribution in [3.05, 3.63) is 34.9 Å². The van der Waals surface area contributed by atoms with Crippen LogP contribution in [0.3, 0.4) is 0 Å². The first-order chi connectivity index (χ1) is 5.63. The first-order valence-corrected chi connectivity index (χ1v) is 5.04. The van der Waals surface area contributed by atoms with Gasteiger partial charge in [-0.1, -0.05) is 43.6 Å². The van der Waals surface area contributed by atoms with Crippen LogP contribution in [0.4, 0.5) is 0 Å². The van der Waals surface area contributed by atoms with Crippen LogP contribution in [0.25, 0.3) is 0 Å². The van der Waals surface area contributed by atoms with Crippen LogP contribution in [-0.2, 0) is 0 Å². The zero-order chi connectivity index (χ0) is 9.14. The SMILES string of the molecule is CC(C)C([Si])c1ccccc1Cl. The van der Waals surface area contributed by atoms with Gasteiger partial charge in [-0.2, -0.15) is 0 Å². The standard InChI is InChI=1S/C10H12ClSi/c1-7(2)10(12)8-5-3-4-6-9(8)11/h3-7,10H,1-2H3. The summed E-state index contributed by atoms with van der Waals surface area (Å²) in [5.74, 6) is 0.557. The summed E-state index contributed by atoms with van der Waals surface area (Å²) in [6.45, 7) is 4.34. The summed E-state index contributed by atoms with van der Waals surface area (Å²) in [6.07, 6.45) is 0. The zero-order valence-electron chi connectivity index (χ0n) is 7.34. The van der Waals surface area contributed by atoms with E-state index in [4.69, 9.17) is 11.6 Å². The molecule has 0 saturated carbocycles. The Hall–Kier alpha value is -0.273. The lowest BCUT2D eigenvalue weighted by Gasteiger charge is -2.16. The molecule has 0 nitrogen and oxygen atoms in total. The maximum Gasteiger partial charge on any atom is 0.0437 e. The van der Waals surface area contributed by atoms with E-state index in [1.165, 1.54) is 5.56 Å². The molecule has 0 spiro atoms. The summed E-state index contributed by atoms with van der Waals surface area (Å²) < 4.78 is 0. The van der Waals surface area contributed by atoms with Crippen LogP contribution in [0.5, 0.6) is 0 Å². The third kappa shape index (κ3) is 2.11. The fraction of sp³-hybridized carbons (Fsp3) is 0.400. The van der Waals surface area contributed by atoms with E-state index < -0.39 is 0 Å². The van der Waals surface area contributed by atoms with Crippen molar-refractivity contribution in [3.63, 3.8) is 0 Å². The van der Waals surface area contributed by atoms with Crippen molar-refractivity contribution in [2.75, 3.05) is 0 Å². The Kier molecular flexibility index (Phi) is 3.36. The van der Waals surface area contributed by atoms with Gasteiger partial charge >= 0.3 is 0 Å². The second-order valence-electron chi connectivity index (χ2n) is 3.24. The molecule has 0 amide bonds. The molecule has 0 heterocycles. The monoisotopic (exact) mass is 195 g/mol. The Morgan fingerprint density at radius 1 is 1.25 bits per heavy atom. The van der Waals surface area contributed by atoms with Crippen molar-refractivity contribution >= 4 is 21.8 Å². The van der Waals surface area contributed by atoms with Gasteiger partial charge in [0.15, 0.2) is 0 Å². The quantitative estimate of drug-likeness (QED) is 0.636. The molecule has 0 fully saturated rings. The lowest BCUT2D eigenvalue weighted by Crippen LogP contribution is -2.06. The molecule has 0 N–H and O–H groups in total. The van der Waals surface area contributed by atoms with E-state index in [-0.39, 0.29) is 0 Å². The van der Waals surface area contributed by atoms with E-state index in [1.807, 2.05) is 18.2 Å². The number of hydrogen-bond donors (Lipinski definition) is 0. The van der Waals surface area contributed by atoms with Gasteiger partial charge in [0.1, 0.15) is 0 Å². The fourth-order valence-corrected chi connectivity index (χ4v) is 1.68. The van der Waals surface area contributed by atoms with E-state index >= 15 is 0 Å². The summed E-state index contributed by atoms with van der Waals surface area (Å²) in [5, 5.41) is 0.839. The molecule has 0 aliphatic rings. The molecule has 0 aromatic heterocycles. The van der Waals surface area contributed by atoms with E-state index in [9.17, 15) is 0 Å². The van der Waals surface area contributed by atoms with Crippen molar-refractivity contribution in [1.82, 2.24) is 0 Å². The molecule has 63 valence electrons. The van der Waals surface area contributed by atoms with Crippen molar-refractivity contribution in [3.8, 4) is 0 Å². The van der Waals surface area contributed by atoms with Gasteiger partial charge in [0.05, 0.1) is 0 Å². The Labute approximate surface area is 82.4 Å². The van der Waals surface area contributed by atoms with Crippen LogP contribution >= 0.6 is 11.6 Å². The minimum Gasteiger partial charge on any atom is -0.0840 e. The molecule has 3 radical (unpaired) electrons. The van der Waals surface area contributed by atoms with E-state index in [0.29, 0.717) is 11.5 Å². The molecule has 0 saturated heterocycles. The normalized spacial score (nSPS) is 13.4. The highest BCUT2D eigenvalue weighted by Gasteiger charge is 2.12. The number of hydrogen-bond acceptors (Lipinski definition) is 0. The molecule has 1 aromatic carbocycles. The molecule has 2 heteroatoms. The van der Waals surface area contributed by atoms with Crippen LogP contribution in [0, 0.1) is 5.92 Å². The van der Waals surface area contributed by atoms with Crippen molar-refractivity contribution in [1.29, 1.82) is 0 Å². The number of rotatable bonds is 2. The molecule has 0 aliphatic carbocycles. The first kappa shape index (κ1) is 9.81. The molecule has 0 aliphatic heterocycles. The van der Waals surface area contributed by atoms with E-state index in [2.05, 4.69) is 30.2 Å². The average molecular weight is 196 g/mol. The summed E-state index contributed by atoms with van der Waals surface area (Å²) in [6, 6.07) is 7.94. The molecular weight excluding hydrogens is 184 g/mol. The molecular formula is C10H12ClSi. The minimum absolute atomic E-state index is 0.346. The highest BCUT2D eigenvalue weighted by Crippen LogP contribution is 2.26. The maximum atomic E-state index is 6.03. The highest BCUT2D eigenvalue weighted by molar-refractivity contribution is 6.32. The summed E-state index contributed by atoms with van der Waals surface area (Å²) in [5.41, 5.74) is 1.52. The second kappa shape index (κ2) is 4.10. The van der Waals surface area contributed by atoms with Gasteiger partial charge in [-0.15, -0.1) is 0 Å². The lowest BCUT2D eigenvalue weighted by atomic mass is 10.0. The molecule has 1 aromatic rings. The zero-order valence-corrected chi connectivity index (χ0v) is 9.10. The van der Waals surface area contributed by atoms with Crippen LogP contribution in [0.15, 0.2) is 24.3 Å². The topological polar surface area (TPSA) is 0 Å².